The zero-order chi connectivity index (χ0) is 19.0. The lowest BCUT2D eigenvalue weighted by atomic mass is 9.95. The number of likely N-dealkylation sites (N-methyl/N-ethyl adjacent to an activating group) is 1. The minimum Gasteiger partial charge on any atom is -0.308 e. The first kappa shape index (κ1) is 19.8. The van der Waals surface area contributed by atoms with Gasteiger partial charge in [0.05, 0.1) is 21.8 Å². The summed E-state index contributed by atoms with van der Waals surface area (Å²) >= 11 is 0. The van der Waals surface area contributed by atoms with Gasteiger partial charge in [0.15, 0.2) is 0 Å². The molecule has 2 rings (SSSR count). The highest BCUT2D eigenvalue weighted by molar-refractivity contribution is 7.94. The van der Waals surface area contributed by atoms with E-state index < -0.39 is 31.4 Å². The molecule has 1 N–H and O–H groups in total. The molecule has 10 heteroatoms. The van der Waals surface area contributed by atoms with Crippen molar-refractivity contribution in [3.63, 3.8) is 0 Å². The summed E-state index contributed by atoms with van der Waals surface area (Å²) < 4.78 is 52.1. The maximum Gasteiger partial charge on any atom is 0.247 e. The molecule has 0 aliphatic carbocycles. The normalized spacial score (nSPS) is 19.6. The molecule has 25 heavy (non-hydrogen) atoms. The predicted octanol–water partition coefficient (Wildman–Crippen LogP) is 0.229. The van der Waals surface area contributed by atoms with Crippen LogP contribution in [0.1, 0.15) is 13.8 Å². The van der Waals surface area contributed by atoms with Crippen molar-refractivity contribution in [1.29, 1.82) is 0 Å². The van der Waals surface area contributed by atoms with E-state index in [9.17, 15) is 21.6 Å². The first-order valence-corrected chi connectivity index (χ1v) is 10.8. The number of rotatable bonds is 6. The van der Waals surface area contributed by atoms with Crippen molar-refractivity contribution in [1.82, 2.24) is 9.62 Å². The van der Waals surface area contributed by atoms with Gasteiger partial charge in [-0.15, -0.1) is 0 Å². The van der Waals surface area contributed by atoms with E-state index in [4.69, 9.17) is 0 Å². The number of nitrogens with zero attached hydrogens (tertiary/aromatic N) is 2. The topological polar surface area (TPSA) is 104 Å². The van der Waals surface area contributed by atoms with E-state index in [0.29, 0.717) is 6.54 Å². The van der Waals surface area contributed by atoms with E-state index in [1.807, 2.05) is 19.0 Å². The van der Waals surface area contributed by atoms with Gasteiger partial charge in [-0.2, -0.15) is 0 Å². The van der Waals surface area contributed by atoms with Crippen LogP contribution in [-0.2, 0) is 24.8 Å². The summed E-state index contributed by atoms with van der Waals surface area (Å²) in [6, 6.07) is 5.25. The summed E-state index contributed by atoms with van der Waals surface area (Å²) in [6.45, 7) is 3.94. The Labute approximate surface area is 148 Å². The molecule has 1 heterocycles. The Bertz CT molecular complexity index is 859. The van der Waals surface area contributed by atoms with Gasteiger partial charge in [0.1, 0.15) is 0 Å². The zero-order valence-corrected chi connectivity index (χ0v) is 16.3. The van der Waals surface area contributed by atoms with Gasteiger partial charge in [-0.25, -0.2) is 25.9 Å². The SMILES string of the molecule is CN(C)CCNS(=O)(=O)c1ccc(N2C(=O)C(C)(C)CS2(=O)=O)cc1. The number of hydrogen-bond donors (Lipinski definition) is 1. The molecule has 0 bridgehead atoms. The third kappa shape index (κ3) is 4.20. The van der Waals surface area contributed by atoms with Crippen molar-refractivity contribution in [3.05, 3.63) is 24.3 Å². The molecule has 1 aliphatic rings. The van der Waals surface area contributed by atoms with E-state index in [1.165, 1.54) is 24.3 Å². The van der Waals surface area contributed by atoms with Gasteiger partial charge in [-0.3, -0.25) is 4.79 Å². The molecule has 0 spiro atoms. The molecule has 140 valence electrons. The third-order valence-electron chi connectivity index (χ3n) is 3.82. The van der Waals surface area contributed by atoms with E-state index >= 15 is 0 Å². The lowest BCUT2D eigenvalue weighted by molar-refractivity contribution is -0.123. The van der Waals surface area contributed by atoms with Crippen LogP contribution in [0.5, 0.6) is 0 Å². The number of nitrogens with one attached hydrogen (secondary N) is 1. The van der Waals surface area contributed by atoms with E-state index in [-0.39, 0.29) is 22.9 Å². The van der Waals surface area contributed by atoms with Crippen LogP contribution in [0.2, 0.25) is 0 Å². The van der Waals surface area contributed by atoms with E-state index in [2.05, 4.69) is 4.72 Å². The largest absolute Gasteiger partial charge is 0.308 e. The van der Waals surface area contributed by atoms with Crippen molar-refractivity contribution in [2.24, 2.45) is 5.41 Å². The molecular weight excluding hydrogens is 366 g/mol. The monoisotopic (exact) mass is 389 g/mol. The highest BCUT2D eigenvalue weighted by Crippen LogP contribution is 2.35. The molecule has 1 aromatic rings. The van der Waals surface area contributed by atoms with Gasteiger partial charge in [-0.05, 0) is 52.2 Å². The Balaban J connectivity index is 2.24. The van der Waals surface area contributed by atoms with Crippen molar-refractivity contribution >= 4 is 31.6 Å². The van der Waals surface area contributed by atoms with E-state index in [0.717, 1.165) is 4.31 Å². The van der Waals surface area contributed by atoms with Crippen molar-refractivity contribution < 1.29 is 21.6 Å². The first-order chi connectivity index (χ1) is 11.4. The third-order valence-corrected chi connectivity index (χ3v) is 7.31. The Morgan fingerprint density at radius 3 is 2.20 bits per heavy atom. The summed E-state index contributed by atoms with van der Waals surface area (Å²) in [5.41, 5.74) is -0.861. The molecule has 1 aromatic carbocycles. The number of anilines is 1. The van der Waals surface area contributed by atoms with Crippen LogP contribution < -0.4 is 9.03 Å². The minimum absolute atomic E-state index is 0.0123. The molecule has 1 amide bonds. The van der Waals surface area contributed by atoms with Crippen molar-refractivity contribution in [2.75, 3.05) is 37.2 Å². The molecular formula is C15H23N3O5S2. The average molecular weight is 389 g/mol. The van der Waals surface area contributed by atoms with Crippen molar-refractivity contribution in [3.8, 4) is 0 Å². The van der Waals surface area contributed by atoms with Crippen LogP contribution in [0.15, 0.2) is 29.2 Å². The van der Waals surface area contributed by atoms with Crippen molar-refractivity contribution in [2.45, 2.75) is 18.7 Å². The predicted molar refractivity (Wildman–Crippen MR) is 95.2 cm³/mol. The summed E-state index contributed by atoms with van der Waals surface area (Å²) in [4.78, 5) is 14.2. The molecule has 0 radical (unpaired) electrons. The fourth-order valence-electron chi connectivity index (χ4n) is 2.51. The Morgan fingerprint density at radius 1 is 1.20 bits per heavy atom. The zero-order valence-electron chi connectivity index (χ0n) is 14.7. The quantitative estimate of drug-likeness (QED) is 0.747. The van der Waals surface area contributed by atoms with Crippen LogP contribution in [0.4, 0.5) is 5.69 Å². The average Bonchev–Trinajstić information content (AvgIpc) is 2.62. The van der Waals surface area contributed by atoms with Gasteiger partial charge < -0.3 is 4.90 Å². The van der Waals surface area contributed by atoms with Gasteiger partial charge in [0, 0.05) is 13.1 Å². The molecule has 1 fully saturated rings. The maximum atomic E-state index is 12.3. The molecule has 0 aromatic heterocycles. The molecule has 1 aliphatic heterocycles. The minimum atomic E-state index is -3.76. The molecule has 1 saturated heterocycles. The molecule has 0 atom stereocenters. The fourth-order valence-corrected chi connectivity index (χ4v) is 5.64. The number of amides is 1. The summed E-state index contributed by atoms with van der Waals surface area (Å²) in [7, 11) is -3.78. The number of sulfonamides is 2. The molecule has 0 unspecified atom stereocenters. The van der Waals surface area contributed by atoms with Crippen LogP contribution >= 0.6 is 0 Å². The Kier molecular flexibility index (Phi) is 5.29. The lowest BCUT2D eigenvalue weighted by Crippen LogP contribution is -2.33. The Morgan fingerprint density at radius 2 is 1.76 bits per heavy atom. The summed E-state index contributed by atoms with van der Waals surface area (Å²) in [6.07, 6.45) is 0. The summed E-state index contributed by atoms with van der Waals surface area (Å²) in [5, 5.41) is 0. The number of carbonyl (C=O) groups excluding carboxylic acids is 1. The second-order valence-corrected chi connectivity index (χ2v) is 10.5. The number of hydrogen-bond acceptors (Lipinski definition) is 6. The van der Waals surface area contributed by atoms with E-state index in [1.54, 1.807) is 13.8 Å². The maximum absolute atomic E-state index is 12.3. The first-order valence-electron chi connectivity index (χ1n) is 7.69. The van der Waals surface area contributed by atoms with Gasteiger partial charge in [-0.1, -0.05) is 0 Å². The molecule has 0 saturated carbocycles. The highest BCUT2D eigenvalue weighted by Gasteiger charge is 2.49. The molecule has 8 nitrogen and oxygen atoms in total. The number of carbonyl (C=O) groups is 1. The number of benzene rings is 1. The smallest absolute Gasteiger partial charge is 0.247 e. The highest BCUT2D eigenvalue weighted by atomic mass is 32.2. The van der Waals surface area contributed by atoms with Gasteiger partial charge in [0.2, 0.25) is 26.0 Å². The summed E-state index contributed by atoms with van der Waals surface area (Å²) in [5.74, 6) is -0.794. The standard InChI is InChI=1S/C15H23N3O5S2/c1-15(2)11-24(20,21)18(14(15)19)12-5-7-13(8-6-12)25(22,23)16-9-10-17(3)4/h5-8,16H,9-11H2,1-4H3. The van der Waals surface area contributed by atoms with Crippen LogP contribution in [0.25, 0.3) is 0 Å². The fraction of sp³-hybridized carbons (Fsp3) is 0.533. The Hall–Kier alpha value is -1.49. The lowest BCUT2D eigenvalue weighted by Gasteiger charge is -2.18. The van der Waals surface area contributed by atoms with Crippen LogP contribution in [-0.4, -0.2) is 60.6 Å². The van der Waals surface area contributed by atoms with Gasteiger partial charge >= 0.3 is 0 Å². The second-order valence-electron chi connectivity index (χ2n) is 6.90. The van der Waals surface area contributed by atoms with Crippen LogP contribution in [0, 0.1) is 5.41 Å². The van der Waals surface area contributed by atoms with Gasteiger partial charge in [0.25, 0.3) is 0 Å². The van der Waals surface area contributed by atoms with Crippen LogP contribution in [0.3, 0.4) is 0 Å². The second kappa shape index (κ2) is 6.67.